The van der Waals surface area contributed by atoms with Gasteiger partial charge < -0.3 is 18.8 Å². The maximum absolute atomic E-state index is 12.9. The molecule has 2 heterocycles. The summed E-state index contributed by atoms with van der Waals surface area (Å²) in [6.45, 7) is 6.13. The molecule has 0 spiro atoms. The number of piperidine rings is 1. The highest BCUT2D eigenvalue weighted by Crippen LogP contribution is 2.34. The molecule has 1 fully saturated rings. The number of aromatic nitrogens is 2. The van der Waals surface area contributed by atoms with E-state index >= 15 is 0 Å². The Morgan fingerprint density at radius 2 is 1.86 bits per heavy atom. The number of rotatable bonds is 6. The summed E-state index contributed by atoms with van der Waals surface area (Å²) in [6, 6.07) is 5.94. The van der Waals surface area contributed by atoms with Crippen LogP contribution in [0.2, 0.25) is 0 Å². The zero-order valence-electron chi connectivity index (χ0n) is 17.0. The van der Waals surface area contributed by atoms with E-state index in [9.17, 15) is 4.79 Å². The lowest BCUT2D eigenvalue weighted by molar-refractivity contribution is -0.136. The smallest absolute Gasteiger partial charge is 0.277 e. The summed E-state index contributed by atoms with van der Waals surface area (Å²) in [4.78, 5) is 14.9. The molecule has 0 saturated carbocycles. The molecule has 8 heteroatoms. The van der Waals surface area contributed by atoms with Crippen LogP contribution in [0.25, 0.3) is 11.5 Å². The molecule has 2 aromatic rings. The third-order valence-electron chi connectivity index (χ3n) is 5.11. The van der Waals surface area contributed by atoms with E-state index in [2.05, 4.69) is 24.0 Å². The normalized spacial score (nSPS) is 20.7. The van der Waals surface area contributed by atoms with E-state index in [1.54, 1.807) is 26.4 Å². The van der Waals surface area contributed by atoms with Crippen LogP contribution in [0.5, 0.6) is 11.5 Å². The molecular weight excluding hydrogens is 378 g/mol. The number of carbonyl (C=O) groups excluding carboxylic acids is 1. The second-order valence-corrected chi connectivity index (χ2v) is 8.37. The molecule has 1 aliphatic heterocycles. The second kappa shape index (κ2) is 8.86. The Balaban J connectivity index is 1.71. The van der Waals surface area contributed by atoms with Gasteiger partial charge in [-0.15, -0.1) is 10.2 Å². The molecule has 1 aromatic heterocycles. The highest BCUT2D eigenvalue weighted by Gasteiger charge is 2.32. The molecular formula is C20H27N3O4S. The second-order valence-electron chi connectivity index (χ2n) is 7.08. The predicted octanol–water partition coefficient (Wildman–Crippen LogP) is 4.02. The van der Waals surface area contributed by atoms with Gasteiger partial charge in [-0.05, 0) is 58.2 Å². The average Bonchev–Trinajstić information content (AvgIpc) is 3.15. The highest BCUT2D eigenvalue weighted by atomic mass is 32.2. The van der Waals surface area contributed by atoms with Crippen molar-refractivity contribution in [2.24, 2.45) is 0 Å². The van der Waals surface area contributed by atoms with Crippen LogP contribution in [-0.4, -0.2) is 52.6 Å². The van der Waals surface area contributed by atoms with Crippen LogP contribution in [0.4, 0.5) is 0 Å². The van der Waals surface area contributed by atoms with Crippen LogP contribution in [0.15, 0.2) is 27.8 Å². The van der Waals surface area contributed by atoms with Gasteiger partial charge in [0.15, 0.2) is 11.5 Å². The standard InChI is InChI=1S/C20H27N3O4S/c1-12-7-6-8-13(2)23(12)19(24)14(3)28-20-22-21-18(27-20)15-9-10-16(25-4)17(11-15)26-5/h9-14H,6-8H2,1-5H3/t12-,13-,14+/m0/s1. The van der Waals surface area contributed by atoms with Gasteiger partial charge in [0.05, 0.1) is 19.5 Å². The summed E-state index contributed by atoms with van der Waals surface area (Å²) in [6.07, 6.45) is 3.28. The Morgan fingerprint density at radius 1 is 1.18 bits per heavy atom. The first-order chi connectivity index (χ1) is 13.4. The van der Waals surface area contributed by atoms with Gasteiger partial charge in [0, 0.05) is 17.6 Å². The molecule has 0 bridgehead atoms. The first-order valence-electron chi connectivity index (χ1n) is 9.49. The highest BCUT2D eigenvalue weighted by molar-refractivity contribution is 8.00. The molecule has 1 saturated heterocycles. The van der Waals surface area contributed by atoms with Crippen LogP contribution in [-0.2, 0) is 4.79 Å². The van der Waals surface area contributed by atoms with Crippen LogP contribution in [0.3, 0.4) is 0 Å². The minimum absolute atomic E-state index is 0.121. The quantitative estimate of drug-likeness (QED) is 0.672. The molecule has 152 valence electrons. The molecule has 1 amide bonds. The topological polar surface area (TPSA) is 77.7 Å². The molecule has 0 unspecified atom stereocenters. The summed E-state index contributed by atoms with van der Waals surface area (Å²) in [5.41, 5.74) is 0.731. The van der Waals surface area contributed by atoms with Gasteiger partial charge in [-0.2, -0.15) is 0 Å². The fourth-order valence-electron chi connectivity index (χ4n) is 3.61. The van der Waals surface area contributed by atoms with Gasteiger partial charge >= 0.3 is 0 Å². The summed E-state index contributed by atoms with van der Waals surface area (Å²) >= 11 is 1.30. The first-order valence-corrected chi connectivity index (χ1v) is 10.4. The van der Waals surface area contributed by atoms with E-state index in [-0.39, 0.29) is 23.2 Å². The Morgan fingerprint density at radius 3 is 2.50 bits per heavy atom. The largest absolute Gasteiger partial charge is 0.493 e. The van der Waals surface area contributed by atoms with E-state index in [0.29, 0.717) is 22.6 Å². The van der Waals surface area contributed by atoms with Crippen molar-refractivity contribution in [3.8, 4) is 23.0 Å². The van der Waals surface area contributed by atoms with Crippen LogP contribution < -0.4 is 9.47 Å². The summed E-state index contributed by atoms with van der Waals surface area (Å²) in [7, 11) is 3.16. The van der Waals surface area contributed by atoms with Gasteiger partial charge in [-0.1, -0.05) is 11.8 Å². The number of hydrogen-bond donors (Lipinski definition) is 0. The number of ether oxygens (including phenoxy) is 2. The number of likely N-dealkylation sites (tertiary alicyclic amines) is 1. The Bertz CT molecular complexity index is 816. The van der Waals surface area contributed by atoms with Crippen molar-refractivity contribution >= 4 is 17.7 Å². The zero-order valence-corrected chi connectivity index (χ0v) is 17.8. The maximum atomic E-state index is 12.9. The van der Waals surface area contributed by atoms with E-state index in [1.165, 1.54) is 18.2 Å². The van der Waals surface area contributed by atoms with Crippen molar-refractivity contribution in [1.29, 1.82) is 0 Å². The Hall–Kier alpha value is -2.22. The van der Waals surface area contributed by atoms with Gasteiger partial charge in [0.2, 0.25) is 11.8 Å². The van der Waals surface area contributed by atoms with Crippen molar-refractivity contribution in [3.05, 3.63) is 18.2 Å². The molecule has 0 aliphatic carbocycles. The van der Waals surface area contributed by atoms with Crippen molar-refractivity contribution < 1.29 is 18.7 Å². The molecule has 0 radical (unpaired) electrons. The molecule has 1 aromatic carbocycles. The lowest BCUT2D eigenvalue weighted by atomic mass is 9.97. The van der Waals surface area contributed by atoms with E-state index in [0.717, 1.165) is 18.4 Å². The lowest BCUT2D eigenvalue weighted by Crippen LogP contribution is -2.50. The Labute approximate surface area is 169 Å². The van der Waals surface area contributed by atoms with E-state index < -0.39 is 0 Å². The first kappa shape index (κ1) is 20.5. The van der Waals surface area contributed by atoms with Gasteiger partial charge in [0.25, 0.3) is 5.22 Å². The number of carbonyl (C=O) groups is 1. The molecule has 28 heavy (non-hydrogen) atoms. The molecule has 7 nitrogen and oxygen atoms in total. The number of amides is 1. The van der Waals surface area contributed by atoms with Gasteiger partial charge in [0.1, 0.15) is 0 Å². The van der Waals surface area contributed by atoms with Gasteiger partial charge in [-0.3, -0.25) is 4.79 Å². The number of thioether (sulfide) groups is 1. The van der Waals surface area contributed by atoms with Crippen molar-refractivity contribution in [2.45, 2.75) is 62.6 Å². The van der Waals surface area contributed by atoms with Crippen molar-refractivity contribution in [2.75, 3.05) is 14.2 Å². The summed E-state index contributed by atoms with van der Waals surface area (Å²) in [5.74, 6) is 1.71. The summed E-state index contributed by atoms with van der Waals surface area (Å²) < 4.78 is 16.3. The predicted molar refractivity (Wildman–Crippen MR) is 108 cm³/mol. The average molecular weight is 406 g/mol. The van der Waals surface area contributed by atoms with Crippen molar-refractivity contribution in [1.82, 2.24) is 15.1 Å². The summed E-state index contributed by atoms with van der Waals surface area (Å²) in [5, 5.41) is 8.30. The van der Waals surface area contributed by atoms with Crippen LogP contribution in [0.1, 0.15) is 40.0 Å². The number of benzene rings is 1. The fraction of sp³-hybridized carbons (Fsp3) is 0.550. The SMILES string of the molecule is COc1ccc(-c2nnc(S[C@H](C)C(=O)N3[C@@H](C)CCC[C@@H]3C)o2)cc1OC. The minimum atomic E-state index is -0.290. The molecule has 0 N–H and O–H groups in total. The third-order valence-corrected chi connectivity index (χ3v) is 6.03. The maximum Gasteiger partial charge on any atom is 0.277 e. The number of nitrogens with zero attached hydrogens (tertiary/aromatic N) is 3. The lowest BCUT2D eigenvalue weighted by Gasteiger charge is -2.40. The van der Waals surface area contributed by atoms with E-state index in [4.69, 9.17) is 13.9 Å². The van der Waals surface area contributed by atoms with Crippen molar-refractivity contribution in [3.63, 3.8) is 0 Å². The monoisotopic (exact) mass is 405 g/mol. The molecule has 3 rings (SSSR count). The van der Waals surface area contributed by atoms with E-state index in [1.807, 2.05) is 17.9 Å². The zero-order chi connectivity index (χ0) is 20.3. The minimum Gasteiger partial charge on any atom is -0.493 e. The Kier molecular flexibility index (Phi) is 6.49. The third kappa shape index (κ3) is 4.27. The molecule has 1 aliphatic rings. The molecule has 3 atom stereocenters. The fourth-order valence-corrected chi connectivity index (χ4v) is 4.35. The van der Waals surface area contributed by atoms with Crippen LogP contribution in [0, 0.1) is 0 Å². The van der Waals surface area contributed by atoms with Gasteiger partial charge in [-0.25, -0.2) is 0 Å². The number of methoxy groups -OCH3 is 2. The number of hydrogen-bond acceptors (Lipinski definition) is 7. The van der Waals surface area contributed by atoms with Crippen LogP contribution >= 0.6 is 11.8 Å².